The Labute approximate surface area is 76.8 Å². The summed E-state index contributed by atoms with van der Waals surface area (Å²) >= 11 is 0. The van der Waals surface area contributed by atoms with E-state index in [1.54, 1.807) is 6.07 Å². The zero-order chi connectivity index (χ0) is 9.84. The summed E-state index contributed by atoms with van der Waals surface area (Å²) in [5.41, 5.74) is 1.41. The van der Waals surface area contributed by atoms with E-state index >= 15 is 0 Å². The molecule has 0 heterocycles. The van der Waals surface area contributed by atoms with Gasteiger partial charge in [0.15, 0.2) is 0 Å². The van der Waals surface area contributed by atoms with Gasteiger partial charge in [0.25, 0.3) is 0 Å². The third kappa shape index (κ3) is 2.54. The molecule has 1 N–H and O–H groups in total. The van der Waals surface area contributed by atoms with E-state index in [2.05, 4.69) is 5.32 Å². The molecule has 0 saturated heterocycles. The lowest BCUT2D eigenvalue weighted by atomic mass is 10.1. The minimum atomic E-state index is -0.270. The molecule has 1 aromatic rings. The topological polar surface area (TPSA) is 29.1 Å². The van der Waals surface area contributed by atoms with Gasteiger partial charge in [-0.25, -0.2) is 4.39 Å². The van der Waals surface area contributed by atoms with Gasteiger partial charge in [-0.15, -0.1) is 0 Å². The molecule has 0 spiro atoms. The van der Waals surface area contributed by atoms with Crippen molar-refractivity contribution >= 4 is 5.91 Å². The fraction of sp³-hybridized carbons (Fsp3) is 0.300. The first-order valence-electron chi connectivity index (χ1n) is 4.09. The van der Waals surface area contributed by atoms with Gasteiger partial charge in [-0.2, -0.15) is 0 Å². The van der Waals surface area contributed by atoms with E-state index < -0.39 is 0 Å². The van der Waals surface area contributed by atoms with Crippen LogP contribution in [0.4, 0.5) is 4.39 Å². The van der Waals surface area contributed by atoms with Crippen LogP contribution in [-0.4, -0.2) is 5.91 Å². The predicted octanol–water partition coefficient (Wildman–Crippen LogP) is 1.77. The van der Waals surface area contributed by atoms with Gasteiger partial charge in [0.05, 0.1) is 0 Å². The number of carbonyl (C=O) groups excluding carboxylic acids is 1. The number of halogens is 1. The molecule has 1 amide bonds. The molecular weight excluding hydrogens is 169 g/mol. The van der Waals surface area contributed by atoms with E-state index in [9.17, 15) is 9.18 Å². The van der Waals surface area contributed by atoms with E-state index in [4.69, 9.17) is 0 Å². The average molecular weight is 181 g/mol. The fourth-order valence-corrected chi connectivity index (χ4v) is 1.10. The molecule has 0 radical (unpaired) electrons. The van der Waals surface area contributed by atoms with Gasteiger partial charge < -0.3 is 5.32 Å². The minimum absolute atomic E-state index is 0.150. The first-order chi connectivity index (χ1) is 6.11. The van der Waals surface area contributed by atoms with E-state index in [1.165, 1.54) is 13.0 Å². The fourth-order valence-electron chi connectivity index (χ4n) is 1.10. The highest BCUT2D eigenvalue weighted by atomic mass is 19.1. The second-order valence-electron chi connectivity index (χ2n) is 2.95. The lowest BCUT2D eigenvalue weighted by Crippen LogP contribution is -2.20. The normalized spacial score (nSPS) is 9.77. The summed E-state index contributed by atoms with van der Waals surface area (Å²) in [6.07, 6.45) is 0. The molecular formula is C10H12FNO. The molecule has 3 heteroatoms. The molecule has 0 fully saturated rings. The number of nitrogens with one attached hydrogen (secondary N) is 1. The summed E-state index contributed by atoms with van der Waals surface area (Å²) in [5, 5.41) is 2.56. The first-order valence-corrected chi connectivity index (χ1v) is 4.09. The Morgan fingerprint density at radius 2 is 2.23 bits per heavy atom. The molecule has 0 unspecified atom stereocenters. The van der Waals surface area contributed by atoms with Crippen molar-refractivity contribution in [3.63, 3.8) is 0 Å². The second-order valence-corrected chi connectivity index (χ2v) is 2.95. The van der Waals surface area contributed by atoms with Gasteiger partial charge >= 0.3 is 0 Å². The molecule has 0 bridgehead atoms. The molecule has 0 aromatic heterocycles. The Morgan fingerprint density at radius 1 is 1.54 bits per heavy atom. The maximum atomic E-state index is 13.1. The summed E-state index contributed by atoms with van der Waals surface area (Å²) in [7, 11) is 0. The molecule has 0 atom stereocenters. The Balaban J connectivity index is 2.81. The number of amides is 1. The monoisotopic (exact) mass is 181 g/mol. The van der Waals surface area contributed by atoms with Crippen LogP contribution in [0, 0.1) is 12.7 Å². The van der Waals surface area contributed by atoms with Crippen LogP contribution in [0.15, 0.2) is 18.2 Å². The first kappa shape index (κ1) is 9.71. The van der Waals surface area contributed by atoms with Crippen LogP contribution in [0.5, 0.6) is 0 Å². The molecule has 1 rings (SSSR count). The van der Waals surface area contributed by atoms with Crippen molar-refractivity contribution < 1.29 is 9.18 Å². The number of benzene rings is 1. The highest BCUT2D eigenvalue weighted by molar-refractivity contribution is 5.72. The van der Waals surface area contributed by atoms with Gasteiger partial charge in [0.1, 0.15) is 5.82 Å². The van der Waals surface area contributed by atoms with Crippen molar-refractivity contribution in [1.82, 2.24) is 5.32 Å². The zero-order valence-electron chi connectivity index (χ0n) is 7.73. The SMILES string of the molecule is CC(=O)NCc1c(C)cccc1F. The van der Waals surface area contributed by atoms with Crippen LogP contribution in [0.1, 0.15) is 18.1 Å². The van der Waals surface area contributed by atoms with Crippen molar-refractivity contribution in [2.75, 3.05) is 0 Å². The molecule has 13 heavy (non-hydrogen) atoms. The summed E-state index contributed by atoms with van der Waals surface area (Å²) in [5.74, 6) is -0.420. The van der Waals surface area contributed by atoms with E-state index in [-0.39, 0.29) is 18.3 Å². The smallest absolute Gasteiger partial charge is 0.217 e. The number of rotatable bonds is 2. The number of aryl methyl sites for hydroxylation is 1. The molecule has 0 aliphatic carbocycles. The lowest BCUT2D eigenvalue weighted by molar-refractivity contribution is -0.119. The van der Waals surface area contributed by atoms with Crippen LogP contribution < -0.4 is 5.32 Å². The average Bonchev–Trinajstić information content (AvgIpc) is 2.03. The van der Waals surface area contributed by atoms with Crippen molar-refractivity contribution in [2.45, 2.75) is 20.4 Å². The summed E-state index contributed by atoms with van der Waals surface area (Å²) < 4.78 is 13.1. The third-order valence-electron chi connectivity index (χ3n) is 1.87. The van der Waals surface area contributed by atoms with Crippen LogP contribution >= 0.6 is 0 Å². The Hall–Kier alpha value is -1.38. The minimum Gasteiger partial charge on any atom is -0.352 e. The van der Waals surface area contributed by atoms with Gasteiger partial charge in [-0.3, -0.25) is 4.79 Å². The van der Waals surface area contributed by atoms with Gasteiger partial charge in [-0.05, 0) is 18.6 Å². The van der Waals surface area contributed by atoms with Crippen molar-refractivity contribution in [2.24, 2.45) is 0 Å². The molecule has 0 aliphatic heterocycles. The molecule has 0 aliphatic rings. The van der Waals surface area contributed by atoms with Crippen LogP contribution in [-0.2, 0) is 11.3 Å². The third-order valence-corrected chi connectivity index (χ3v) is 1.87. The maximum absolute atomic E-state index is 13.1. The van der Waals surface area contributed by atoms with Gasteiger partial charge in [0.2, 0.25) is 5.91 Å². The Kier molecular flexibility index (Phi) is 3.01. The maximum Gasteiger partial charge on any atom is 0.217 e. The van der Waals surface area contributed by atoms with Crippen LogP contribution in [0.3, 0.4) is 0 Å². The quantitative estimate of drug-likeness (QED) is 0.740. The van der Waals surface area contributed by atoms with E-state index in [0.717, 1.165) is 5.56 Å². The highest BCUT2D eigenvalue weighted by Gasteiger charge is 2.04. The van der Waals surface area contributed by atoms with Gasteiger partial charge in [0, 0.05) is 19.0 Å². The largest absolute Gasteiger partial charge is 0.352 e. The molecule has 1 aromatic carbocycles. The number of hydrogen-bond donors (Lipinski definition) is 1. The summed E-state index contributed by atoms with van der Waals surface area (Å²) in [6.45, 7) is 3.49. The van der Waals surface area contributed by atoms with Crippen molar-refractivity contribution in [3.8, 4) is 0 Å². The van der Waals surface area contributed by atoms with Crippen LogP contribution in [0.2, 0.25) is 0 Å². The molecule has 70 valence electrons. The summed E-state index contributed by atoms with van der Waals surface area (Å²) in [6, 6.07) is 4.87. The highest BCUT2D eigenvalue weighted by Crippen LogP contribution is 2.11. The zero-order valence-corrected chi connectivity index (χ0v) is 7.73. The number of hydrogen-bond acceptors (Lipinski definition) is 1. The van der Waals surface area contributed by atoms with Crippen molar-refractivity contribution in [1.29, 1.82) is 0 Å². The van der Waals surface area contributed by atoms with E-state index in [1.807, 2.05) is 13.0 Å². The Bertz CT molecular complexity index is 302. The molecule has 2 nitrogen and oxygen atoms in total. The lowest BCUT2D eigenvalue weighted by Gasteiger charge is -2.06. The number of carbonyl (C=O) groups is 1. The van der Waals surface area contributed by atoms with Crippen LogP contribution in [0.25, 0.3) is 0 Å². The second kappa shape index (κ2) is 4.03. The van der Waals surface area contributed by atoms with Gasteiger partial charge in [-0.1, -0.05) is 12.1 Å². The Morgan fingerprint density at radius 3 is 2.77 bits per heavy atom. The predicted molar refractivity (Wildman–Crippen MR) is 48.7 cm³/mol. The molecule has 0 saturated carbocycles. The van der Waals surface area contributed by atoms with E-state index in [0.29, 0.717) is 5.56 Å². The summed E-state index contributed by atoms with van der Waals surface area (Å²) in [4.78, 5) is 10.6. The van der Waals surface area contributed by atoms with Crippen molar-refractivity contribution in [3.05, 3.63) is 35.1 Å². The standard InChI is InChI=1S/C10H12FNO/c1-7-4-3-5-10(11)9(7)6-12-8(2)13/h3-5H,6H2,1-2H3,(H,12,13).